The van der Waals surface area contributed by atoms with Gasteiger partial charge in [-0.2, -0.15) is 0 Å². The van der Waals surface area contributed by atoms with Crippen molar-refractivity contribution >= 4 is 15.9 Å². The molecule has 0 amide bonds. The second-order valence-electron chi connectivity index (χ2n) is 3.54. The number of halogens is 1. The third-order valence-electron chi connectivity index (χ3n) is 1.91. The van der Waals surface area contributed by atoms with Gasteiger partial charge in [0.15, 0.2) is 0 Å². The summed E-state index contributed by atoms with van der Waals surface area (Å²) in [4.78, 5) is 0. The van der Waals surface area contributed by atoms with Crippen LogP contribution in [0.3, 0.4) is 0 Å². The lowest BCUT2D eigenvalue weighted by Gasteiger charge is -2.22. The van der Waals surface area contributed by atoms with Crippen molar-refractivity contribution in [3.63, 3.8) is 0 Å². The smallest absolute Gasteiger partial charge is 0.106 e. The Kier molecular flexibility index (Phi) is 2.96. The molecule has 0 atom stereocenters. The normalized spacial score (nSPS) is 12.0. The van der Waals surface area contributed by atoms with Crippen molar-refractivity contribution in [1.82, 2.24) is 5.32 Å². The monoisotopic (exact) mass is 231 g/mol. The van der Waals surface area contributed by atoms with Gasteiger partial charge in [-0.3, -0.25) is 0 Å². The van der Waals surface area contributed by atoms with Crippen LogP contribution in [-0.4, -0.2) is 12.6 Å². The summed E-state index contributed by atoms with van der Waals surface area (Å²) in [7, 11) is 1.96. The average Bonchev–Trinajstić information content (AvgIpc) is 2.35. The van der Waals surface area contributed by atoms with E-state index >= 15 is 0 Å². The Labute approximate surface area is 81.5 Å². The van der Waals surface area contributed by atoms with Crippen LogP contribution in [-0.2, 0) is 6.42 Å². The van der Waals surface area contributed by atoms with Gasteiger partial charge in [-0.15, -0.1) is 0 Å². The first-order valence-electron chi connectivity index (χ1n) is 3.95. The summed E-state index contributed by atoms with van der Waals surface area (Å²) >= 11 is 3.35. The molecule has 1 N–H and O–H groups in total. The molecule has 0 saturated heterocycles. The van der Waals surface area contributed by atoms with E-state index in [-0.39, 0.29) is 5.54 Å². The molecule has 1 rings (SSSR count). The quantitative estimate of drug-likeness (QED) is 0.866. The van der Waals surface area contributed by atoms with Crippen molar-refractivity contribution in [2.24, 2.45) is 0 Å². The standard InChI is InChI=1S/C9H14BrNO/c1-9(2,11-3)5-8-4-7(10)6-12-8/h4,6,11H,5H2,1-3H3. The largest absolute Gasteiger partial charge is 0.468 e. The Morgan fingerprint density at radius 3 is 2.67 bits per heavy atom. The zero-order chi connectivity index (χ0) is 9.19. The Hall–Kier alpha value is -0.280. The number of furan rings is 1. The van der Waals surface area contributed by atoms with Gasteiger partial charge >= 0.3 is 0 Å². The van der Waals surface area contributed by atoms with Crippen molar-refractivity contribution in [2.75, 3.05) is 7.05 Å². The Balaban J connectivity index is 2.63. The van der Waals surface area contributed by atoms with Crippen LogP contribution < -0.4 is 5.32 Å². The Morgan fingerprint density at radius 1 is 1.58 bits per heavy atom. The third-order valence-corrected chi connectivity index (χ3v) is 2.33. The summed E-state index contributed by atoms with van der Waals surface area (Å²) in [6.45, 7) is 4.28. The van der Waals surface area contributed by atoms with Crippen molar-refractivity contribution < 1.29 is 4.42 Å². The first-order chi connectivity index (χ1) is 5.53. The predicted octanol–water partition coefficient (Wildman–Crippen LogP) is 2.58. The molecule has 68 valence electrons. The molecule has 2 nitrogen and oxygen atoms in total. The minimum Gasteiger partial charge on any atom is -0.468 e. The fraction of sp³-hybridized carbons (Fsp3) is 0.556. The van der Waals surface area contributed by atoms with Gasteiger partial charge in [-0.05, 0) is 42.9 Å². The van der Waals surface area contributed by atoms with Crippen molar-refractivity contribution in [1.29, 1.82) is 0 Å². The molecule has 0 aliphatic carbocycles. The zero-order valence-electron chi connectivity index (χ0n) is 7.65. The second kappa shape index (κ2) is 3.62. The Bertz CT molecular complexity index is 255. The van der Waals surface area contributed by atoms with Crippen molar-refractivity contribution in [3.8, 4) is 0 Å². The molecular weight excluding hydrogens is 218 g/mol. The highest BCUT2D eigenvalue weighted by molar-refractivity contribution is 9.10. The van der Waals surface area contributed by atoms with E-state index in [9.17, 15) is 0 Å². The third kappa shape index (κ3) is 2.64. The molecule has 0 bridgehead atoms. The Morgan fingerprint density at radius 2 is 2.25 bits per heavy atom. The highest BCUT2D eigenvalue weighted by atomic mass is 79.9. The van der Waals surface area contributed by atoms with Crippen molar-refractivity contribution in [2.45, 2.75) is 25.8 Å². The van der Waals surface area contributed by atoms with E-state index in [1.54, 1.807) is 6.26 Å². The minimum absolute atomic E-state index is 0.0945. The fourth-order valence-electron chi connectivity index (χ4n) is 0.970. The minimum atomic E-state index is 0.0945. The highest BCUT2D eigenvalue weighted by Gasteiger charge is 2.17. The molecular formula is C9H14BrNO. The maximum Gasteiger partial charge on any atom is 0.106 e. The maximum absolute atomic E-state index is 5.32. The molecule has 0 fully saturated rings. The van der Waals surface area contributed by atoms with Crippen LogP contribution in [0.25, 0.3) is 0 Å². The van der Waals surface area contributed by atoms with Crippen LogP contribution in [0.1, 0.15) is 19.6 Å². The van der Waals surface area contributed by atoms with Crippen LogP contribution in [0.5, 0.6) is 0 Å². The van der Waals surface area contributed by atoms with Crippen LogP contribution in [0.15, 0.2) is 21.2 Å². The van der Waals surface area contributed by atoms with E-state index in [1.807, 2.05) is 13.1 Å². The fourth-order valence-corrected chi connectivity index (χ4v) is 1.32. The highest BCUT2D eigenvalue weighted by Crippen LogP contribution is 2.18. The van der Waals surface area contributed by atoms with Crippen LogP contribution in [0.4, 0.5) is 0 Å². The summed E-state index contributed by atoms with van der Waals surface area (Å²) in [5.74, 6) is 1.00. The lowest BCUT2D eigenvalue weighted by atomic mass is 10.00. The van der Waals surface area contributed by atoms with Gasteiger partial charge in [-0.1, -0.05) is 0 Å². The molecule has 1 aromatic rings. The average molecular weight is 232 g/mol. The summed E-state index contributed by atoms with van der Waals surface area (Å²) in [6, 6.07) is 2.00. The molecule has 12 heavy (non-hydrogen) atoms. The summed E-state index contributed by atoms with van der Waals surface area (Å²) in [5.41, 5.74) is 0.0945. The number of nitrogens with one attached hydrogen (secondary N) is 1. The van der Waals surface area contributed by atoms with Gasteiger partial charge in [0.2, 0.25) is 0 Å². The summed E-state index contributed by atoms with van der Waals surface area (Å²) < 4.78 is 6.32. The first kappa shape index (κ1) is 9.81. The van der Waals surface area contributed by atoms with E-state index < -0.39 is 0 Å². The predicted molar refractivity (Wildman–Crippen MR) is 53.3 cm³/mol. The van der Waals surface area contributed by atoms with Gasteiger partial charge in [0.05, 0.1) is 4.47 Å². The summed E-state index contributed by atoms with van der Waals surface area (Å²) in [5, 5.41) is 3.22. The van der Waals surface area contributed by atoms with E-state index in [0.717, 1.165) is 16.7 Å². The zero-order valence-corrected chi connectivity index (χ0v) is 9.23. The lowest BCUT2D eigenvalue weighted by Crippen LogP contribution is -2.38. The van der Waals surface area contributed by atoms with Gasteiger partial charge in [0.1, 0.15) is 12.0 Å². The number of hydrogen-bond acceptors (Lipinski definition) is 2. The molecule has 0 spiro atoms. The molecule has 1 aromatic heterocycles. The van der Waals surface area contributed by atoms with E-state index in [1.165, 1.54) is 0 Å². The maximum atomic E-state index is 5.32. The molecule has 3 heteroatoms. The molecule has 0 aliphatic rings. The van der Waals surface area contributed by atoms with E-state index in [4.69, 9.17) is 4.42 Å². The van der Waals surface area contributed by atoms with Gasteiger partial charge in [0.25, 0.3) is 0 Å². The number of rotatable bonds is 3. The van der Waals surface area contributed by atoms with Crippen LogP contribution >= 0.6 is 15.9 Å². The van der Waals surface area contributed by atoms with E-state index in [0.29, 0.717) is 0 Å². The summed E-state index contributed by atoms with van der Waals surface area (Å²) in [6.07, 6.45) is 2.61. The molecule has 0 unspecified atom stereocenters. The van der Waals surface area contributed by atoms with Crippen LogP contribution in [0.2, 0.25) is 0 Å². The van der Waals surface area contributed by atoms with Gasteiger partial charge in [0, 0.05) is 12.0 Å². The first-order valence-corrected chi connectivity index (χ1v) is 4.74. The topological polar surface area (TPSA) is 25.2 Å². The van der Waals surface area contributed by atoms with Crippen molar-refractivity contribution in [3.05, 3.63) is 22.6 Å². The molecule has 0 saturated carbocycles. The lowest BCUT2D eigenvalue weighted by molar-refractivity contribution is 0.377. The number of likely N-dealkylation sites (N-methyl/N-ethyl adjacent to an activating group) is 1. The second-order valence-corrected chi connectivity index (χ2v) is 4.46. The molecule has 0 aromatic carbocycles. The molecule has 0 radical (unpaired) electrons. The van der Waals surface area contributed by atoms with E-state index in [2.05, 4.69) is 35.1 Å². The molecule has 1 heterocycles. The van der Waals surface area contributed by atoms with Crippen LogP contribution in [0, 0.1) is 0 Å². The SMILES string of the molecule is CNC(C)(C)Cc1cc(Br)co1. The van der Waals surface area contributed by atoms with Gasteiger partial charge in [-0.25, -0.2) is 0 Å². The van der Waals surface area contributed by atoms with Gasteiger partial charge < -0.3 is 9.73 Å². The molecule has 0 aliphatic heterocycles. The number of hydrogen-bond donors (Lipinski definition) is 1.